The van der Waals surface area contributed by atoms with Gasteiger partial charge in [0.25, 0.3) is 0 Å². The molecule has 3 aromatic carbocycles. The van der Waals surface area contributed by atoms with Crippen LogP contribution in [0.3, 0.4) is 0 Å². The van der Waals surface area contributed by atoms with Gasteiger partial charge in [-0.15, -0.1) is 0 Å². The van der Waals surface area contributed by atoms with Gasteiger partial charge >= 0.3 is 0 Å². The molecule has 5 nitrogen and oxygen atoms in total. The Morgan fingerprint density at radius 1 is 0.946 bits per heavy atom. The van der Waals surface area contributed by atoms with E-state index in [9.17, 15) is 4.39 Å². The molecule has 0 radical (unpaired) electrons. The number of fused-ring (bicyclic) bond motifs is 1. The first-order valence-corrected chi connectivity index (χ1v) is 13.5. The third-order valence-corrected chi connectivity index (χ3v) is 7.16. The molecule has 0 saturated carbocycles. The Hall–Kier alpha value is -3.16. The molecule has 0 spiro atoms. The fourth-order valence-electron chi connectivity index (χ4n) is 4.61. The number of benzene rings is 3. The molecular weight excluding hydrogens is 533 g/mol. The van der Waals surface area contributed by atoms with Crippen LogP contribution >= 0.6 is 15.9 Å². The van der Waals surface area contributed by atoms with E-state index in [0.29, 0.717) is 0 Å². The molecule has 0 atom stereocenters. The van der Waals surface area contributed by atoms with E-state index < -0.39 is 0 Å². The van der Waals surface area contributed by atoms with Crippen LogP contribution in [-0.4, -0.2) is 27.8 Å². The van der Waals surface area contributed by atoms with Crippen molar-refractivity contribution in [2.45, 2.75) is 45.8 Å². The highest BCUT2D eigenvalue weighted by atomic mass is 79.9. The van der Waals surface area contributed by atoms with Crippen LogP contribution < -0.4 is 9.47 Å². The first-order valence-electron chi connectivity index (χ1n) is 12.7. The van der Waals surface area contributed by atoms with Gasteiger partial charge in [-0.25, -0.2) is 9.37 Å². The molecule has 0 unspecified atom stereocenters. The molecule has 7 heteroatoms. The molecule has 0 bridgehead atoms. The first-order chi connectivity index (χ1) is 18.1. The van der Waals surface area contributed by atoms with Crippen LogP contribution in [0.15, 0.2) is 77.4 Å². The number of hydrogen-bond acceptors (Lipinski definition) is 4. The Balaban J connectivity index is 1.40. The van der Waals surface area contributed by atoms with E-state index in [1.807, 2.05) is 24.4 Å². The van der Waals surface area contributed by atoms with Crippen LogP contribution in [0, 0.1) is 5.82 Å². The standard InChI is InChI=1S/C30H31BrFN3O2/c1-2-3-15-35-27(18-33-30(35)24-7-11-26(32)12-8-24)20-34(16-14-22-4-9-25(31)10-5-22)19-23-6-13-28-29(17-23)37-21-36-28/h4-13,17-18H,2-3,14-16,19-21H2,1H3. The van der Waals surface area contributed by atoms with Crippen molar-refractivity contribution in [1.82, 2.24) is 14.5 Å². The predicted octanol–water partition coefficient (Wildman–Crippen LogP) is 7.23. The molecule has 0 N–H and O–H groups in total. The Kier molecular flexibility index (Phi) is 8.21. The summed E-state index contributed by atoms with van der Waals surface area (Å²) in [6.45, 7) is 5.76. The zero-order chi connectivity index (χ0) is 25.6. The molecule has 37 heavy (non-hydrogen) atoms. The maximum absolute atomic E-state index is 13.6. The molecule has 192 valence electrons. The highest BCUT2D eigenvalue weighted by Gasteiger charge is 2.18. The Labute approximate surface area is 226 Å². The maximum Gasteiger partial charge on any atom is 0.231 e. The zero-order valence-corrected chi connectivity index (χ0v) is 22.6. The van der Waals surface area contributed by atoms with Crippen LogP contribution in [0.1, 0.15) is 36.6 Å². The van der Waals surface area contributed by atoms with Gasteiger partial charge in [0.15, 0.2) is 11.5 Å². The number of imidazole rings is 1. The smallest absolute Gasteiger partial charge is 0.231 e. The number of ether oxygens (including phenoxy) is 2. The normalized spacial score (nSPS) is 12.4. The lowest BCUT2D eigenvalue weighted by molar-refractivity contribution is 0.174. The van der Waals surface area contributed by atoms with Crippen LogP contribution in [0.25, 0.3) is 11.4 Å². The summed E-state index contributed by atoms with van der Waals surface area (Å²) in [7, 11) is 0. The minimum atomic E-state index is -0.238. The van der Waals surface area contributed by atoms with Gasteiger partial charge in [-0.05, 0) is 72.5 Å². The van der Waals surface area contributed by atoms with Crippen LogP contribution in [0.2, 0.25) is 0 Å². The maximum atomic E-state index is 13.6. The van der Waals surface area contributed by atoms with E-state index >= 15 is 0 Å². The number of rotatable bonds is 11. The van der Waals surface area contributed by atoms with Crippen molar-refractivity contribution in [2.75, 3.05) is 13.3 Å². The Morgan fingerprint density at radius 2 is 1.70 bits per heavy atom. The second kappa shape index (κ2) is 11.9. The van der Waals surface area contributed by atoms with Crippen molar-refractivity contribution in [1.29, 1.82) is 0 Å². The predicted molar refractivity (Wildman–Crippen MR) is 147 cm³/mol. The van der Waals surface area contributed by atoms with E-state index in [1.54, 1.807) is 0 Å². The lowest BCUT2D eigenvalue weighted by atomic mass is 10.1. The van der Waals surface area contributed by atoms with Crippen molar-refractivity contribution >= 4 is 15.9 Å². The van der Waals surface area contributed by atoms with Crippen molar-refractivity contribution in [3.63, 3.8) is 0 Å². The van der Waals surface area contributed by atoms with Gasteiger partial charge in [0.1, 0.15) is 11.6 Å². The van der Waals surface area contributed by atoms with Crippen molar-refractivity contribution in [3.8, 4) is 22.9 Å². The molecule has 1 aromatic heterocycles. The van der Waals surface area contributed by atoms with E-state index in [0.717, 1.165) is 78.5 Å². The lowest BCUT2D eigenvalue weighted by Crippen LogP contribution is -2.26. The minimum absolute atomic E-state index is 0.238. The van der Waals surface area contributed by atoms with Crippen LogP contribution in [0.5, 0.6) is 11.5 Å². The van der Waals surface area contributed by atoms with Crippen LogP contribution in [-0.2, 0) is 26.1 Å². The van der Waals surface area contributed by atoms with Gasteiger partial charge in [0, 0.05) is 36.2 Å². The van der Waals surface area contributed by atoms with E-state index in [2.05, 4.69) is 68.7 Å². The summed E-state index contributed by atoms with van der Waals surface area (Å²) in [5.41, 5.74) is 4.56. The highest BCUT2D eigenvalue weighted by Crippen LogP contribution is 2.33. The summed E-state index contributed by atoms with van der Waals surface area (Å²) in [5, 5.41) is 0. The van der Waals surface area contributed by atoms with E-state index in [4.69, 9.17) is 14.5 Å². The lowest BCUT2D eigenvalue weighted by Gasteiger charge is -2.24. The topological polar surface area (TPSA) is 39.5 Å². The molecule has 0 fully saturated rings. The molecule has 1 aliphatic heterocycles. The number of halogens is 2. The van der Waals surface area contributed by atoms with Gasteiger partial charge < -0.3 is 14.0 Å². The second-order valence-electron chi connectivity index (χ2n) is 9.36. The molecule has 0 amide bonds. The molecule has 0 saturated heterocycles. The minimum Gasteiger partial charge on any atom is -0.454 e. The van der Waals surface area contributed by atoms with Gasteiger partial charge in [0.2, 0.25) is 6.79 Å². The number of unbranched alkanes of at least 4 members (excludes halogenated alkanes) is 1. The summed E-state index contributed by atoms with van der Waals surface area (Å²) in [5.74, 6) is 2.25. The monoisotopic (exact) mass is 563 g/mol. The summed E-state index contributed by atoms with van der Waals surface area (Å²) in [6, 6.07) is 21.3. The number of hydrogen-bond donors (Lipinski definition) is 0. The third-order valence-electron chi connectivity index (χ3n) is 6.63. The van der Waals surface area contributed by atoms with E-state index in [-0.39, 0.29) is 12.6 Å². The van der Waals surface area contributed by atoms with E-state index in [1.165, 1.54) is 23.3 Å². The van der Waals surface area contributed by atoms with Crippen molar-refractivity contribution < 1.29 is 13.9 Å². The van der Waals surface area contributed by atoms with Gasteiger partial charge in [-0.3, -0.25) is 4.90 Å². The quantitative estimate of drug-likeness (QED) is 0.193. The second-order valence-corrected chi connectivity index (χ2v) is 10.3. The fourth-order valence-corrected chi connectivity index (χ4v) is 4.88. The number of aromatic nitrogens is 2. The molecular formula is C30H31BrFN3O2. The molecule has 2 heterocycles. The fraction of sp³-hybridized carbons (Fsp3) is 0.300. The van der Waals surface area contributed by atoms with Crippen LogP contribution in [0.4, 0.5) is 4.39 Å². The zero-order valence-electron chi connectivity index (χ0n) is 21.0. The first kappa shape index (κ1) is 25.5. The van der Waals surface area contributed by atoms with Crippen molar-refractivity contribution in [3.05, 3.63) is 100 Å². The Morgan fingerprint density at radius 3 is 2.49 bits per heavy atom. The number of nitrogens with zero attached hydrogens (tertiary/aromatic N) is 3. The molecule has 5 rings (SSSR count). The summed E-state index contributed by atoms with van der Waals surface area (Å²) in [4.78, 5) is 7.23. The summed E-state index contributed by atoms with van der Waals surface area (Å²) >= 11 is 3.53. The SMILES string of the molecule is CCCCn1c(CN(CCc2ccc(Br)cc2)Cc2ccc3c(c2)OCO3)cnc1-c1ccc(F)cc1. The Bertz CT molecular complexity index is 1320. The average Bonchev–Trinajstić information content (AvgIpc) is 3.54. The average molecular weight is 564 g/mol. The highest BCUT2D eigenvalue weighted by molar-refractivity contribution is 9.10. The molecule has 4 aromatic rings. The largest absolute Gasteiger partial charge is 0.454 e. The summed E-state index contributed by atoms with van der Waals surface area (Å²) in [6.07, 6.45) is 5.05. The molecule has 1 aliphatic rings. The summed E-state index contributed by atoms with van der Waals surface area (Å²) < 4.78 is 28.1. The van der Waals surface area contributed by atoms with Gasteiger partial charge in [0.05, 0.1) is 11.9 Å². The van der Waals surface area contributed by atoms with Gasteiger partial charge in [-0.2, -0.15) is 0 Å². The molecule has 0 aliphatic carbocycles. The third kappa shape index (κ3) is 6.40. The van der Waals surface area contributed by atoms with Gasteiger partial charge in [-0.1, -0.05) is 47.5 Å². The van der Waals surface area contributed by atoms with Crippen molar-refractivity contribution in [2.24, 2.45) is 0 Å².